The molecular formula is C12H16N2O4. The van der Waals surface area contributed by atoms with Crippen LogP contribution in [0, 0.1) is 0 Å². The number of carboxylic acid groups (broad SMARTS) is 1. The number of aromatic nitrogens is 1. The molecule has 1 N–H and O–H groups in total. The van der Waals surface area contributed by atoms with Crippen LogP contribution in [0.1, 0.15) is 16.9 Å². The number of rotatable bonds is 3. The minimum absolute atomic E-state index is 0.0725. The van der Waals surface area contributed by atoms with Crippen molar-refractivity contribution < 1.29 is 19.4 Å². The lowest BCUT2D eigenvalue weighted by molar-refractivity contribution is -0.141. The average molecular weight is 252 g/mol. The minimum Gasteiger partial charge on any atom is -0.481 e. The van der Waals surface area contributed by atoms with Gasteiger partial charge in [0.15, 0.2) is 0 Å². The molecule has 1 aromatic heterocycles. The van der Waals surface area contributed by atoms with Crippen LogP contribution >= 0.6 is 0 Å². The summed E-state index contributed by atoms with van der Waals surface area (Å²) >= 11 is 0. The molecule has 6 nitrogen and oxygen atoms in total. The smallest absolute Gasteiger partial charge is 0.306 e. The summed E-state index contributed by atoms with van der Waals surface area (Å²) in [5.41, 5.74) is 0.603. The van der Waals surface area contributed by atoms with Gasteiger partial charge in [-0.05, 0) is 12.1 Å². The van der Waals surface area contributed by atoms with Crippen LogP contribution in [0.4, 0.5) is 0 Å². The summed E-state index contributed by atoms with van der Waals surface area (Å²) in [5, 5.41) is 8.73. The van der Waals surface area contributed by atoms with Crippen molar-refractivity contribution in [3.05, 3.63) is 24.0 Å². The number of ether oxygens (including phenoxy) is 1. The van der Waals surface area contributed by atoms with E-state index in [0.29, 0.717) is 25.4 Å². The van der Waals surface area contributed by atoms with Gasteiger partial charge in [0.1, 0.15) is 5.69 Å². The van der Waals surface area contributed by atoms with E-state index in [1.807, 2.05) is 19.3 Å². The van der Waals surface area contributed by atoms with Crippen molar-refractivity contribution in [3.8, 4) is 0 Å². The van der Waals surface area contributed by atoms with Gasteiger partial charge in [0.05, 0.1) is 19.1 Å². The second-order valence-corrected chi connectivity index (χ2v) is 4.35. The van der Waals surface area contributed by atoms with Crippen LogP contribution in [-0.4, -0.2) is 52.3 Å². The molecule has 0 radical (unpaired) electrons. The number of aryl methyl sites for hydroxylation is 1. The molecule has 0 bridgehead atoms. The number of carbonyl (C=O) groups is 2. The number of carbonyl (C=O) groups excluding carboxylic acids is 1. The summed E-state index contributed by atoms with van der Waals surface area (Å²) in [6.07, 6.45) is 1.32. The lowest BCUT2D eigenvalue weighted by atomic mass is 10.2. The van der Waals surface area contributed by atoms with Gasteiger partial charge in [0.25, 0.3) is 5.91 Å². The lowest BCUT2D eigenvalue weighted by Crippen LogP contribution is -2.46. The van der Waals surface area contributed by atoms with E-state index >= 15 is 0 Å². The van der Waals surface area contributed by atoms with E-state index in [9.17, 15) is 9.59 Å². The second kappa shape index (κ2) is 5.22. The molecule has 0 saturated carbocycles. The molecule has 18 heavy (non-hydrogen) atoms. The van der Waals surface area contributed by atoms with Crippen LogP contribution in [0.3, 0.4) is 0 Å². The lowest BCUT2D eigenvalue weighted by Gasteiger charge is -2.32. The first-order valence-electron chi connectivity index (χ1n) is 5.82. The van der Waals surface area contributed by atoms with Crippen LogP contribution in [0.5, 0.6) is 0 Å². The average Bonchev–Trinajstić information content (AvgIpc) is 2.74. The molecule has 0 aliphatic carbocycles. The molecule has 98 valence electrons. The Balaban J connectivity index is 2.03. The fraction of sp³-hybridized carbons (Fsp3) is 0.500. The van der Waals surface area contributed by atoms with Crippen LogP contribution in [-0.2, 0) is 16.6 Å². The van der Waals surface area contributed by atoms with Gasteiger partial charge in [-0.1, -0.05) is 0 Å². The van der Waals surface area contributed by atoms with Crippen LogP contribution in [0.25, 0.3) is 0 Å². The van der Waals surface area contributed by atoms with Gasteiger partial charge in [-0.3, -0.25) is 9.59 Å². The quantitative estimate of drug-likeness (QED) is 0.842. The monoisotopic (exact) mass is 252 g/mol. The van der Waals surface area contributed by atoms with E-state index in [2.05, 4.69) is 0 Å². The summed E-state index contributed by atoms with van der Waals surface area (Å²) in [6.45, 7) is 1.21. The topological polar surface area (TPSA) is 71.8 Å². The zero-order valence-corrected chi connectivity index (χ0v) is 10.2. The molecule has 1 atom stereocenters. The summed E-state index contributed by atoms with van der Waals surface area (Å²) in [4.78, 5) is 24.5. The van der Waals surface area contributed by atoms with Gasteiger partial charge < -0.3 is 19.3 Å². The molecule has 1 fully saturated rings. The number of morpholine rings is 1. The maximum Gasteiger partial charge on any atom is 0.306 e. The molecule has 0 aromatic carbocycles. The predicted molar refractivity (Wildman–Crippen MR) is 63.3 cm³/mol. The highest BCUT2D eigenvalue weighted by Crippen LogP contribution is 2.12. The molecule has 1 aliphatic rings. The number of carboxylic acids is 1. The van der Waals surface area contributed by atoms with Crippen molar-refractivity contribution in [3.63, 3.8) is 0 Å². The largest absolute Gasteiger partial charge is 0.481 e. The van der Waals surface area contributed by atoms with Crippen LogP contribution in [0.15, 0.2) is 18.3 Å². The molecule has 2 heterocycles. The van der Waals surface area contributed by atoms with Gasteiger partial charge in [-0.25, -0.2) is 0 Å². The summed E-state index contributed by atoms with van der Waals surface area (Å²) < 4.78 is 7.09. The van der Waals surface area contributed by atoms with Gasteiger partial charge in [-0.2, -0.15) is 0 Å². The first-order chi connectivity index (χ1) is 8.58. The fourth-order valence-corrected chi connectivity index (χ4v) is 2.07. The third kappa shape index (κ3) is 2.70. The van der Waals surface area contributed by atoms with Gasteiger partial charge >= 0.3 is 5.97 Å². The summed E-state index contributed by atoms with van der Waals surface area (Å²) in [6, 6.07) is 3.56. The van der Waals surface area contributed by atoms with Crippen molar-refractivity contribution in [2.75, 3.05) is 19.7 Å². The third-order valence-corrected chi connectivity index (χ3v) is 2.99. The standard InChI is InChI=1S/C12H16N2O4/c1-13-4-2-3-10(13)12(17)14-5-6-18-9(8-14)7-11(15)16/h2-4,9H,5-8H2,1H3,(H,15,16)/t9-/m1/s1. The fourth-order valence-electron chi connectivity index (χ4n) is 2.07. The predicted octanol–water partition coefficient (Wildman–Crippen LogP) is 0.341. The molecular weight excluding hydrogens is 236 g/mol. The minimum atomic E-state index is -0.909. The Hall–Kier alpha value is -1.82. The normalized spacial score (nSPS) is 19.8. The Bertz CT molecular complexity index is 455. The Morgan fingerprint density at radius 2 is 2.33 bits per heavy atom. The van der Waals surface area contributed by atoms with E-state index in [0.717, 1.165) is 0 Å². The first-order valence-corrected chi connectivity index (χ1v) is 5.82. The van der Waals surface area contributed by atoms with Crippen molar-refractivity contribution >= 4 is 11.9 Å². The Kier molecular flexibility index (Phi) is 3.66. The van der Waals surface area contributed by atoms with E-state index in [-0.39, 0.29) is 12.3 Å². The van der Waals surface area contributed by atoms with E-state index in [1.54, 1.807) is 15.5 Å². The van der Waals surface area contributed by atoms with E-state index < -0.39 is 12.1 Å². The zero-order valence-electron chi connectivity index (χ0n) is 10.2. The highest BCUT2D eigenvalue weighted by Gasteiger charge is 2.27. The maximum absolute atomic E-state index is 12.2. The molecule has 1 aliphatic heterocycles. The Morgan fingerprint density at radius 3 is 2.94 bits per heavy atom. The van der Waals surface area contributed by atoms with Crippen LogP contribution in [0.2, 0.25) is 0 Å². The SMILES string of the molecule is Cn1cccc1C(=O)N1CCO[C@H](CC(=O)O)C1. The van der Waals surface area contributed by atoms with Crippen LogP contribution < -0.4 is 0 Å². The summed E-state index contributed by atoms with van der Waals surface area (Å²) in [7, 11) is 1.81. The molecule has 6 heteroatoms. The Labute approximate surface area is 105 Å². The van der Waals surface area contributed by atoms with Gasteiger partial charge in [-0.15, -0.1) is 0 Å². The first kappa shape index (κ1) is 12.6. The maximum atomic E-state index is 12.2. The number of amides is 1. The number of aliphatic carboxylic acids is 1. The molecule has 1 aromatic rings. The molecule has 0 unspecified atom stereocenters. The van der Waals surface area contributed by atoms with Crippen molar-refractivity contribution in [2.24, 2.45) is 7.05 Å². The van der Waals surface area contributed by atoms with E-state index in [4.69, 9.17) is 9.84 Å². The van der Waals surface area contributed by atoms with Crippen molar-refractivity contribution in [1.29, 1.82) is 0 Å². The highest BCUT2D eigenvalue weighted by atomic mass is 16.5. The molecule has 1 saturated heterocycles. The number of hydrogen-bond donors (Lipinski definition) is 1. The van der Waals surface area contributed by atoms with Gasteiger partial charge in [0.2, 0.25) is 0 Å². The van der Waals surface area contributed by atoms with E-state index in [1.165, 1.54) is 0 Å². The number of hydrogen-bond acceptors (Lipinski definition) is 3. The molecule has 0 spiro atoms. The third-order valence-electron chi connectivity index (χ3n) is 2.99. The Morgan fingerprint density at radius 1 is 1.56 bits per heavy atom. The second-order valence-electron chi connectivity index (χ2n) is 4.35. The number of nitrogens with zero attached hydrogens (tertiary/aromatic N) is 2. The zero-order chi connectivity index (χ0) is 13.1. The highest BCUT2D eigenvalue weighted by molar-refractivity contribution is 5.92. The van der Waals surface area contributed by atoms with Crippen molar-refractivity contribution in [2.45, 2.75) is 12.5 Å². The molecule has 2 rings (SSSR count). The van der Waals surface area contributed by atoms with Crippen molar-refractivity contribution in [1.82, 2.24) is 9.47 Å². The summed E-state index contributed by atoms with van der Waals surface area (Å²) in [5.74, 6) is -0.991. The molecule has 1 amide bonds. The van der Waals surface area contributed by atoms with Gasteiger partial charge in [0, 0.05) is 26.3 Å².